The first-order valence-electron chi connectivity index (χ1n) is 7.94. The van der Waals surface area contributed by atoms with Gasteiger partial charge < -0.3 is 11.1 Å². The highest BCUT2D eigenvalue weighted by molar-refractivity contribution is 5.76. The summed E-state index contributed by atoms with van der Waals surface area (Å²) in [5.41, 5.74) is 11.1. The average molecular weight is 306 g/mol. The summed E-state index contributed by atoms with van der Waals surface area (Å²) in [5.74, 6) is 0. The van der Waals surface area contributed by atoms with Crippen LogP contribution in [0.25, 0.3) is 16.9 Å². The molecule has 0 spiro atoms. The van der Waals surface area contributed by atoms with Gasteiger partial charge in [0, 0.05) is 12.1 Å². The lowest BCUT2D eigenvalue weighted by Gasteiger charge is -2.12. The fourth-order valence-corrected chi connectivity index (χ4v) is 2.63. The van der Waals surface area contributed by atoms with E-state index >= 15 is 0 Å². The molecule has 0 unspecified atom stereocenters. The topological polar surface area (TPSA) is 55.9 Å². The van der Waals surface area contributed by atoms with Gasteiger partial charge in [0.25, 0.3) is 0 Å². The second kappa shape index (κ2) is 7.11. The molecule has 0 amide bonds. The molecule has 0 fully saturated rings. The van der Waals surface area contributed by atoms with E-state index in [-0.39, 0.29) is 0 Å². The van der Waals surface area contributed by atoms with E-state index < -0.39 is 0 Å². The van der Waals surface area contributed by atoms with E-state index in [1.165, 1.54) is 5.56 Å². The molecule has 3 N–H and O–H groups in total. The first-order chi connectivity index (χ1) is 11.3. The predicted octanol–water partition coefficient (Wildman–Crippen LogP) is 3.61. The molecule has 4 heteroatoms. The van der Waals surface area contributed by atoms with Crippen molar-refractivity contribution in [2.45, 2.75) is 13.3 Å². The van der Waals surface area contributed by atoms with E-state index in [4.69, 9.17) is 5.73 Å². The lowest BCUT2D eigenvalue weighted by Crippen LogP contribution is -2.09. The van der Waals surface area contributed by atoms with Crippen molar-refractivity contribution in [2.24, 2.45) is 5.73 Å². The zero-order valence-corrected chi connectivity index (χ0v) is 13.4. The smallest absolute Gasteiger partial charge is 0.0972 e. The van der Waals surface area contributed by atoms with Gasteiger partial charge in [-0.3, -0.25) is 0 Å². The largest absolute Gasteiger partial charge is 0.382 e. The van der Waals surface area contributed by atoms with Gasteiger partial charge in [0.1, 0.15) is 0 Å². The Labute approximate surface area is 137 Å². The quantitative estimate of drug-likeness (QED) is 0.684. The van der Waals surface area contributed by atoms with Crippen molar-refractivity contribution in [3.8, 4) is 16.9 Å². The van der Waals surface area contributed by atoms with Crippen LogP contribution >= 0.6 is 0 Å². The number of hydrogen-bond donors (Lipinski definition) is 2. The maximum atomic E-state index is 5.59. The van der Waals surface area contributed by atoms with Gasteiger partial charge >= 0.3 is 0 Å². The summed E-state index contributed by atoms with van der Waals surface area (Å²) < 4.78 is 1.99. The molecular weight excluding hydrogens is 284 g/mol. The van der Waals surface area contributed by atoms with Crippen molar-refractivity contribution in [3.63, 3.8) is 0 Å². The van der Waals surface area contributed by atoms with Crippen LogP contribution in [0.3, 0.4) is 0 Å². The summed E-state index contributed by atoms with van der Waals surface area (Å²) >= 11 is 0. The third kappa shape index (κ3) is 3.43. The Morgan fingerprint density at radius 1 is 1.09 bits per heavy atom. The molecule has 0 aliphatic rings. The highest BCUT2D eigenvalue weighted by Gasteiger charge is 2.14. The molecule has 0 aliphatic carbocycles. The van der Waals surface area contributed by atoms with Crippen LogP contribution in [0.1, 0.15) is 12.0 Å². The molecule has 2 aromatic carbocycles. The van der Waals surface area contributed by atoms with Gasteiger partial charge in [-0.15, -0.1) is 0 Å². The van der Waals surface area contributed by atoms with Crippen LogP contribution in [0.15, 0.2) is 60.8 Å². The molecule has 3 aromatic rings. The first kappa shape index (κ1) is 15.3. The number of benzene rings is 2. The first-order valence-corrected chi connectivity index (χ1v) is 7.94. The van der Waals surface area contributed by atoms with Crippen LogP contribution in [0.2, 0.25) is 0 Å². The number of hydrogen-bond acceptors (Lipinski definition) is 3. The zero-order chi connectivity index (χ0) is 16.1. The van der Waals surface area contributed by atoms with Gasteiger partial charge in [-0.1, -0.05) is 42.5 Å². The molecule has 0 aliphatic heterocycles. The Hall–Kier alpha value is -2.59. The summed E-state index contributed by atoms with van der Waals surface area (Å²) in [7, 11) is 0. The van der Waals surface area contributed by atoms with E-state index in [2.05, 4.69) is 53.7 Å². The summed E-state index contributed by atoms with van der Waals surface area (Å²) in [4.78, 5) is 0. The molecule has 118 valence electrons. The second-order valence-electron chi connectivity index (χ2n) is 5.59. The fourth-order valence-electron chi connectivity index (χ4n) is 2.63. The summed E-state index contributed by atoms with van der Waals surface area (Å²) in [5, 5.41) is 8.06. The SMILES string of the molecule is Cc1cccc(-n2ncc(NCCCN)c2-c2ccccc2)c1. The summed E-state index contributed by atoms with van der Waals surface area (Å²) in [6.07, 6.45) is 2.82. The Morgan fingerprint density at radius 3 is 2.65 bits per heavy atom. The molecule has 1 aromatic heterocycles. The third-order valence-electron chi connectivity index (χ3n) is 3.76. The standard InChI is InChI=1S/C19H22N4/c1-15-7-5-10-17(13-15)23-19(16-8-3-2-4-9-16)18(14-22-23)21-12-6-11-20/h2-5,7-10,13-14,21H,6,11-12,20H2,1H3. The summed E-state index contributed by atoms with van der Waals surface area (Å²) in [6, 6.07) is 18.7. The van der Waals surface area contributed by atoms with E-state index in [9.17, 15) is 0 Å². The van der Waals surface area contributed by atoms with Crippen molar-refractivity contribution in [1.29, 1.82) is 0 Å². The van der Waals surface area contributed by atoms with Crippen molar-refractivity contribution in [3.05, 3.63) is 66.4 Å². The molecule has 3 rings (SSSR count). The zero-order valence-electron chi connectivity index (χ0n) is 13.4. The van der Waals surface area contributed by atoms with E-state index in [1.54, 1.807) is 0 Å². The Bertz CT molecular complexity index is 762. The van der Waals surface area contributed by atoms with Crippen molar-refractivity contribution in [2.75, 3.05) is 18.4 Å². The molecule has 23 heavy (non-hydrogen) atoms. The summed E-state index contributed by atoms with van der Waals surface area (Å²) in [6.45, 7) is 3.62. The van der Waals surface area contributed by atoms with Gasteiger partial charge in [-0.05, 0) is 37.6 Å². The van der Waals surface area contributed by atoms with E-state index in [0.717, 1.165) is 35.6 Å². The lowest BCUT2D eigenvalue weighted by molar-refractivity contribution is 0.874. The third-order valence-corrected chi connectivity index (χ3v) is 3.76. The maximum absolute atomic E-state index is 5.59. The van der Waals surface area contributed by atoms with Gasteiger partial charge in [0.15, 0.2) is 0 Å². The number of anilines is 1. The van der Waals surface area contributed by atoms with Crippen LogP contribution in [0, 0.1) is 6.92 Å². The second-order valence-corrected chi connectivity index (χ2v) is 5.59. The fraction of sp³-hybridized carbons (Fsp3) is 0.211. The molecule has 0 bridgehead atoms. The minimum atomic E-state index is 0.680. The molecule has 0 saturated heterocycles. The predicted molar refractivity (Wildman–Crippen MR) is 95.9 cm³/mol. The highest BCUT2D eigenvalue weighted by atomic mass is 15.3. The van der Waals surface area contributed by atoms with Gasteiger partial charge in [0.05, 0.1) is 23.3 Å². The number of nitrogens with zero attached hydrogens (tertiary/aromatic N) is 2. The normalized spacial score (nSPS) is 10.7. The molecule has 0 radical (unpaired) electrons. The van der Waals surface area contributed by atoms with Crippen molar-refractivity contribution < 1.29 is 0 Å². The van der Waals surface area contributed by atoms with Crippen molar-refractivity contribution >= 4 is 5.69 Å². The van der Waals surface area contributed by atoms with Crippen LogP contribution in [-0.4, -0.2) is 22.9 Å². The Balaban J connectivity index is 2.06. The van der Waals surface area contributed by atoms with Crippen LogP contribution < -0.4 is 11.1 Å². The number of rotatable bonds is 6. The minimum Gasteiger partial charge on any atom is -0.382 e. The number of aromatic nitrogens is 2. The number of nitrogens with one attached hydrogen (secondary N) is 1. The van der Waals surface area contributed by atoms with Crippen LogP contribution in [0.4, 0.5) is 5.69 Å². The molecule has 1 heterocycles. The minimum absolute atomic E-state index is 0.680. The Morgan fingerprint density at radius 2 is 1.91 bits per heavy atom. The van der Waals surface area contributed by atoms with E-state index in [1.807, 2.05) is 29.1 Å². The Kier molecular flexibility index (Phi) is 4.74. The van der Waals surface area contributed by atoms with Gasteiger partial charge in [-0.25, -0.2) is 4.68 Å². The monoisotopic (exact) mass is 306 g/mol. The number of aryl methyl sites for hydroxylation is 1. The van der Waals surface area contributed by atoms with Crippen LogP contribution in [0.5, 0.6) is 0 Å². The molecule has 0 atom stereocenters. The van der Waals surface area contributed by atoms with Gasteiger partial charge in [0.2, 0.25) is 0 Å². The maximum Gasteiger partial charge on any atom is 0.0972 e. The molecular formula is C19H22N4. The van der Waals surface area contributed by atoms with Gasteiger partial charge in [-0.2, -0.15) is 5.10 Å². The van der Waals surface area contributed by atoms with Crippen LogP contribution in [-0.2, 0) is 0 Å². The lowest BCUT2D eigenvalue weighted by atomic mass is 10.1. The molecule has 4 nitrogen and oxygen atoms in total. The average Bonchev–Trinajstić information content (AvgIpc) is 3.00. The van der Waals surface area contributed by atoms with Crippen molar-refractivity contribution in [1.82, 2.24) is 9.78 Å². The van der Waals surface area contributed by atoms with E-state index in [0.29, 0.717) is 6.54 Å². The number of nitrogens with two attached hydrogens (primary N) is 1. The molecule has 0 saturated carbocycles. The highest BCUT2D eigenvalue weighted by Crippen LogP contribution is 2.30.